The zero-order valence-electron chi connectivity index (χ0n) is 26.5. The molecule has 7 aromatic carbocycles. The van der Waals surface area contributed by atoms with Crippen LogP contribution in [0.4, 0.5) is 0 Å². The van der Waals surface area contributed by atoms with Gasteiger partial charge >= 0.3 is 0 Å². The van der Waals surface area contributed by atoms with Gasteiger partial charge in [-0.15, -0.1) is 38.2 Å². The van der Waals surface area contributed by atoms with Crippen LogP contribution in [-0.2, 0) is 0 Å². The number of hydrogen-bond acceptors (Lipinski definition) is 0. The number of hydrogen-bond donors (Lipinski definition) is 0. The van der Waals surface area contributed by atoms with Crippen LogP contribution in [0.2, 0.25) is 0 Å². The number of fused-ring (bicyclic) bond motifs is 4. The highest BCUT2D eigenvalue weighted by Crippen LogP contribution is 2.42. The molecule has 0 aliphatic heterocycles. The molecule has 0 fully saturated rings. The molecule has 0 aliphatic rings. The van der Waals surface area contributed by atoms with Crippen LogP contribution in [0.15, 0.2) is 40.9 Å². The summed E-state index contributed by atoms with van der Waals surface area (Å²) in [5.41, 5.74) is 1.97. The van der Waals surface area contributed by atoms with E-state index in [1.807, 2.05) is 36.4 Å². The lowest BCUT2D eigenvalue weighted by Gasteiger charge is -2.31. The molecule has 0 saturated heterocycles. The molecule has 0 unspecified atom stereocenters. The van der Waals surface area contributed by atoms with Gasteiger partial charge in [-0.05, 0) is 83.5 Å². The molecule has 0 N–H and O–H groups in total. The Morgan fingerprint density at radius 1 is 0.280 bits per heavy atom. The van der Waals surface area contributed by atoms with Crippen molar-refractivity contribution in [2.24, 2.45) is 0 Å². The van der Waals surface area contributed by atoms with Crippen molar-refractivity contribution in [2.75, 3.05) is 0 Å². The predicted molar refractivity (Wildman–Crippen MR) is 236 cm³/mol. The molecule has 0 saturated carbocycles. The highest BCUT2D eigenvalue weighted by atomic mass is 79.9. The van der Waals surface area contributed by atoms with Crippen LogP contribution in [0.25, 0.3) is 65.3 Å². The van der Waals surface area contributed by atoms with E-state index in [4.69, 9.17) is 118 Å². The Morgan fingerprint density at radius 2 is 0.600 bits per heavy atom. The second kappa shape index (κ2) is 12.3. The first-order chi connectivity index (χ1) is 23.5. The summed E-state index contributed by atoms with van der Waals surface area (Å²) in [6.07, 6.45) is 0. The molecule has 0 aliphatic carbocycles. The van der Waals surface area contributed by atoms with Gasteiger partial charge in [0, 0.05) is 4.47 Å². The van der Waals surface area contributed by atoms with Crippen molar-refractivity contribution in [1.29, 1.82) is 0 Å². The second-order valence-electron chi connectivity index (χ2n) is 12.3. The van der Waals surface area contributed by atoms with Crippen molar-refractivity contribution < 1.29 is 0 Å². The number of rotatable bonds is 2. The quantitative estimate of drug-likeness (QED) is 0.128. The van der Waals surface area contributed by atoms with Crippen LogP contribution in [0.5, 0.6) is 0 Å². The number of benzene rings is 7. The van der Waals surface area contributed by atoms with Gasteiger partial charge in [0.05, 0.1) is 0 Å². The SMILES string of the molecule is [B]c1c([B])c([B])c2c(-c3c4c([B])c([B])c([B])c([B])c4c(-c4ccc5cc(Br)ccc5c4)c4c([B])c([B])c([B])c([B])c34)c([B])c([B])c([B])c2c1[B]. The Hall–Kier alpha value is -2.97. The van der Waals surface area contributed by atoms with Gasteiger partial charge in [-0.2, -0.15) is 0 Å². The normalized spacial score (nSPS) is 11.7. The Balaban J connectivity index is 1.90. The topological polar surface area (TPSA) is 0 Å². The largest absolute Gasteiger partial charge is 0.113 e. The van der Waals surface area contributed by atoms with E-state index in [2.05, 4.69) is 15.9 Å². The van der Waals surface area contributed by atoms with Crippen LogP contribution in [0.3, 0.4) is 0 Å². The number of halogens is 1. The maximum absolute atomic E-state index is 6.92. The molecule has 0 aromatic heterocycles. The van der Waals surface area contributed by atoms with Crippen LogP contribution in [0, 0.1) is 0 Å². The lowest BCUT2D eigenvalue weighted by molar-refractivity contribution is 1.69. The fourth-order valence-corrected chi connectivity index (χ4v) is 7.41. The third-order valence-electron chi connectivity index (χ3n) is 9.69. The summed E-state index contributed by atoms with van der Waals surface area (Å²) < 4.78 is 0.911. The minimum Gasteiger partial charge on any atom is -0.110 e. The molecule has 0 bridgehead atoms. The van der Waals surface area contributed by atoms with Crippen molar-refractivity contribution in [3.05, 3.63) is 40.9 Å². The molecule has 194 valence electrons. The highest BCUT2D eigenvalue weighted by Gasteiger charge is 2.27. The average Bonchev–Trinajstić information content (AvgIpc) is 3.10. The fourth-order valence-electron chi connectivity index (χ4n) is 7.03. The summed E-state index contributed by atoms with van der Waals surface area (Å²) in [6, 6.07) is 11.7. The predicted octanol–water partition coefficient (Wildman–Crippen LogP) is -7.70. The molecular formula is C34H6B15Br. The van der Waals surface area contributed by atoms with E-state index in [1.54, 1.807) is 0 Å². The van der Waals surface area contributed by atoms with Crippen molar-refractivity contribution >= 4 is 259 Å². The molecule has 0 amide bonds. The summed E-state index contributed by atoms with van der Waals surface area (Å²) in [7, 11) is 99.7. The maximum atomic E-state index is 6.92. The maximum Gasteiger partial charge on any atom is 0.113 e. The van der Waals surface area contributed by atoms with Crippen molar-refractivity contribution in [2.45, 2.75) is 0 Å². The molecule has 30 radical (unpaired) electrons. The van der Waals surface area contributed by atoms with Crippen LogP contribution in [-0.4, -0.2) is 118 Å². The molecule has 16 heteroatoms. The Bertz CT molecular complexity index is 2630. The van der Waals surface area contributed by atoms with Gasteiger partial charge in [0.25, 0.3) is 0 Å². The Kier molecular flexibility index (Phi) is 8.74. The van der Waals surface area contributed by atoms with Gasteiger partial charge < -0.3 is 0 Å². The first-order valence-electron chi connectivity index (χ1n) is 15.0. The Labute approximate surface area is 319 Å². The van der Waals surface area contributed by atoms with Crippen molar-refractivity contribution in [3.63, 3.8) is 0 Å². The molecule has 0 atom stereocenters. The highest BCUT2D eigenvalue weighted by molar-refractivity contribution is 9.10. The summed E-state index contributed by atoms with van der Waals surface area (Å²) >= 11 is 3.53. The monoisotopic (exact) mass is 658 g/mol. The first-order valence-corrected chi connectivity index (χ1v) is 15.8. The van der Waals surface area contributed by atoms with Crippen molar-refractivity contribution in [3.8, 4) is 22.3 Å². The third-order valence-corrected chi connectivity index (χ3v) is 10.2. The van der Waals surface area contributed by atoms with Gasteiger partial charge in [-0.3, -0.25) is 0 Å². The summed E-state index contributed by atoms with van der Waals surface area (Å²) in [6.45, 7) is 0. The molecule has 7 aromatic rings. The molecule has 0 nitrogen and oxygen atoms in total. The molecule has 0 heterocycles. The lowest BCUT2D eigenvalue weighted by atomic mass is 9.56. The van der Waals surface area contributed by atoms with Crippen LogP contribution >= 0.6 is 15.9 Å². The summed E-state index contributed by atoms with van der Waals surface area (Å²) in [5.74, 6) is 0. The summed E-state index contributed by atoms with van der Waals surface area (Å²) in [4.78, 5) is 0. The van der Waals surface area contributed by atoms with E-state index >= 15 is 0 Å². The minimum atomic E-state index is -0.0289. The zero-order chi connectivity index (χ0) is 36.4. The van der Waals surface area contributed by atoms with E-state index in [0.29, 0.717) is 21.9 Å². The molecular weight excluding hydrogens is 650 g/mol. The zero-order valence-corrected chi connectivity index (χ0v) is 28.1. The van der Waals surface area contributed by atoms with Crippen LogP contribution < -0.4 is 81.9 Å². The average molecular weight is 657 g/mol. The first kappa shape index (κ1) is 35.4. The van der Waals surface area contributed by atoms with Gasteiger partial charge in [0.1, 0.15) is 118 Å². The van der Waals surface area contributed by atoms with E-state index < -0.39 is 0 Å². The third kappa shape index (κ3) is 4.79. The van der Waals surface area contributed by atoms with Gasteiger partial charge in [0.15, 0.2) is 0 Å². The lowest BCUT2D eigenvalue weighted by Crippen LogP contribution is -2.53. The van der Waals surface area contributed by atoms with E-state index in [0.717, 1.165) is 15.2 Å². The van der Waals surface area contributed by atoms with Crippen LogP contribution in [0.1, 0.15) is 0 Å². The van der Waals surface area contributed by atoms with E-state index in [1.165, 1.54) is 0 Å². The van der Waals surface area contributed by atoms with Gasteiger partial charge in [-0.1, -0.05) is 77.8 Å². The van der Waals surface area contributed by atoms with Gasteiger partial charge in [-0.25, -0.2) is 0 Å². The fraction of sp³-hybridized carbons (Fsp3) is 0. The van der Waals surface area contributed by atoms with E-state index in [9.17, 15) is 0 Å². The minimum absolute atomic E-state index is 0.00223. The standard InChI is InChI=1S/C34H6B15Br/c35-20-13-11(9-2-1-8-6-10(50)4-3-7(8)5-9)14-16(24(39)32(47)30(45)21(14)36)12(15(13)23(38)31(46)29(20)44)17-18-19(26(41)28(43)22(17)37)27(42)34(49)33(48)25(18)40/h1-6H. The summed E-state index contributed by atoms with van der Waals surface area (Å²) in [5, 5.41) is 3.57. The van der Waals surface area contributed by atoms with Crippen molar-refractivity contribution in [1.82, 2.24) is 0 Å². The molecule has 0 spiro atoms. The van der Waals surface area contributed by atoms with E-state index in [-0.39, 0.29) is 115 Å². The smallest absolute Gasteiger partial charge is 0.110 e. The molecule has 7 rings (SSSR count). The molecule has 50 heavy (non-hydrogen) atoms. The Morgan fingerprint density at radius 3 is 1.04 bits per heavy atom. The van der Waals surface area contributed by atoms with Gasteiger partial charge in [0.2, 0.25) is 0 Å². The second-order valence-corrected chi connectivity index (χ2v) is 13.2.